The number of alkyl halides is 1. The average Bonchev–Trinajstić information content (AvgIpc) is 1.61. The van der Waals surface area contributed by atoms with Crippen molar-refractivity contribution in [3.8, 4) is 0 Å². The third-order valence-corrected chi connectivity index (χ3v) is 2.43. The van der Waals surface area contributed by atoms with E-state index in [-0.39, 0.29) is 9.52 Å². The molecule has 0 atom stereocenters. The third kappa shape index (κ3) is 4.25. The zero-order valence-electron chi connectivity index (χ0n) is 3.78. The number of hydrogen-bond acceptors (Lipinski definition) is 0. The summed E-state index contributed by atoms with van der Waals surface area (Å²) in [7, 11) is 0.0691. The van der Waals surface area contributed by atoms with Crippen molar-refractivity contribution in [1.29, 1.82) is 0 Å². The van der Waals surface area contributed by atoms with Crippen LogP contribution in [0.5, 0.6) is 0 Å². The molecule has 0 amide bonds. The highest BCUT2D eigenvalue weighted by Gasteiger charge is 1.75. The highest BCUT2D eigenvalue weighted by Crippen LogP contribution is 1.79. The van der Waals surface area contributed by atoms with Gasteiger partial charge in [0.2, 0.25) is 0 Å². The first kappa shape index (κ1) is 6.25. The monoisotopic (exact) mass is 120 g/mol. The van der Waals surface area contributed by atoms with Crippen LogP contribution in [0.4, 0.5) is 0 Å². The summed E-state index contributed by atoms with van der Waals surface area (Å²) in [4.78, 5) is 0. The Labute approximate surface area is 46.0 Å². The summed E-state index contributed by atoms with van der Waals surface area (Å²) in [5.74, 6) is 0. The Hall–Kier alpha value is 0.247. The van der Waals surface area contributed by atoms with Crippen molar-refractivity contribution < 1.29 is 0 Å². The molecule has 0 N–H and O–H groups in total. The van der Waals surface area contributed by atoms with Crippen LogP contribution in [0, 0.1) is 0 Å². The van der Waals surface area contributed by atoms with E-state index in [0.717, 1.165) is 5.50 Å². The lowest BCUT2D eigenvalue weighted by Gasteiger charge is -1.78. The van der Waals surface area contributed by atoms with Gasteiger partial charge in [-0.05, 0) is 6.04 Å². The van der Waals surface area contributed by atoms with Gasteiger partial charge in [-0.15, -0.1) is 18.2 Å². The molecule has 2 heteroatoms. The Bertz CT molecular complexity index is 36.5. The van der Waals surface area contributed by atoms with Gasteiger partial charge in [-0.3, -0.25) is 0 Å². The summed E-state index contributed by atoms with van der Waals surface area (Å²) >= 11 is 5.39. The van der Waals surface area contributed by atoms with Gasteiger partial charge in [-0.2, -0.15) is 0 Å². The SMILES string of the molecule is C=CC[SiH2]CCl. The Balaban J connectivity index is 2.49. The summed E-state index contributed by atoms with van der Waals surface area (Å²) in [6, 6.07) is 1.18. The molecule has 0 aromatic heterocycles. The van der Waals surface area contributed by atoms with Crippen LogP contribution in [0.2, 0.25) is 6.04 Å². The highest BCUT2D eigenvalue weighted by atomic mass is 35.5. The van der Waals surface area contributed by atoms with E-state index in [1.165, 1.54) is 6.04 Å². The smallest absolute Gasteiger partial charge is 0.0417 e. The molecule has 0 bridgehead atoms. The van der Waals surface area contributed by atoms with Gasteiger partial charge in [0.25, 0.3) is 0 Å². The topological polar surface area (TPSA) is 0 Å². The molecule has 0 aliphatic heterocycles. The molecule has 0 heterocycles. The Morgan fingerprint density at radius 1 is 1.83 bits per heavy atom. The zero-order valence-corrected chi connectivity index (χ0v) is 5.95. The third-order valence-electron chi connectivity index (χ3n) is 0.542. The molecule has 0 spiro atoms. The van der Waals surface area contributed by atoms with Crippen LogP contribution >= 0.6 is 11.6 Å². The van der Waals surface area contributed by atoms with E-state index in [2.05, 4.69) is 6.58 Å². The van der Waals surface area contributed by atoms with Crippen molar-refractivity contribution in [2.75, 3.05) is 5.50 Å². The van der Waals surface area contributed by atoms with Gasteiger partial charge in [-0.1, -0.05) is 6.08 Å². The van der Waals surface area contributed by atoms with Crippen molar-refractivity contribution in [1.82, 2.24) is 0 Å². The number of rotatable bonds is 3. The van der Waals surface area contributed by atoms with Crippen molar-refractivity contribution in [2.45, 2.75) is 6.04 Å². The number of hydrogen-bond donors (Lipinski definition) is 0. The minimum Gasteiger partial charge on any atom is -0.131 e. The van der Waals surface area contributed by atoms with E-state index in [0.29, 0.717) is 0 Å². The van der Waals surface area contributed by atoms with Crippen molar-refractivity contribution in [2.24, 2.45) is 0 Å². The summed E-state index contributed by atoms with van der Waals surface area (Å²) in [6.07, 6.45) is 1.94. The first-order valence-corrected chi connectivity index (χ1v) is 4.62. The lowest BCUT2D eigenvalue weighted by molar-refractivity contribution is 1.69. The molecule has 6 heavy (non-hydrogen) atoms. The molecule has 0 saturated heterocycles. The van der Waals surface area contributed by atoms with Crippen molar-refractivity contribution >= 4 is 21.1 Å². The van der Waals surface area contributed by atoms with Gasteiger partial charge in [0.1, 0.15) is 0 Å². The Morgan fingerprint density at radius 2 is 2.50 bits per heavy atom. The maximum atomic E-state index is 5.39. The first-order valence-electron chi connectivity index (χ1n) is 2.08. The van der Waals surface area contributed by atoms with Gasteiger partial charge in [0.05, 0.1) is 0 Å². The van der Waals surface area contributed by atoms with Gasteiger partial charge >= 0.3 is 0 Å². The number of halogens is 1. The zero-order chi connectivity index (χ0) is 4.83. The maximum absolute atomic E-state index is 5.39. The molecular formula is C4H9ClSi. The predicted molar refractivity (Wildman–Crippen MR) is 34.3 cm³/mol. The van der Waals surface area contributed by atoms with E-state index in [1.807, 2.05) is 6.08 Å². The molecule has 0 unspecified atom stereocenters. The van der Waals surface area contributed by atoms with Crippen LogP contribution in [-0.2, 0) is 0 Å². The largest absolute Gasteiger partial charge is 0.131 e. The van der Waals surface area contributed by atoms with Crippen LogP contribution in [0.15, 0.2) is 12.7 Å². The first-order chi connectivity index (χ1) is 2.91. The minimum atomic E-state index is 0.0691. The van der Waals surface area contributed by atoms with E-state index in [9.17, 15) is 0 Å². The highest BCUT2D eigenvalue weighted by molar-refractivity contribution is 6.50. The lowest BCUT2D eigenvalue weighted by Crippen LogP contribution is -1.85. The van der Waals surface area contributed by atoms with Gasteiger partial charge in [-0.25, -0.2) is 0 Å². The molecule has 0 radical (unpaired) electrons. The average molecular weight is 121 g/mol. The van der Waals surface area contributed by atoms with Crippen molar-refractivity contribution in [3.63, 3.8) is 0 Å². The minimum absolute atomic E-state index is 0.0691. The van der Waals surface area contributed by atoms with E-state index >= 15 is 0 Å². The number of allylic oxidation sites excluding steroid dienone is 1. The van der Waals surface area contributed by atoms with E-state index in [1.54, 1.807) is 0 Å². The second kappa shape index (κ2) is 5.25. The van der Waals surface area contributed by atoms with Crippen LogP contribution in [0.3, 0.4) is 0 Å². The van der Waals surface area contributed by atoms with E-state index in [4.69, 9.17) is 11.6 Å². The fraction of sp³-hybridized carbons (Fsp3) is 0.500. The molecule has 0 fully saturated rings. The fourth-order valence-electron chi connectivity index (χ4n) is 0.221. The standard InChI is InChI=1S/C4H9ClSi/c1-2-3-6-4-5/h2H,1,3-4,6H2. The lowest BCUT2D eigenvalue weighted by atomic mass is 10.8. The van der Waals surface area contributed by atoms with Crippen LogP contribution in [0.25, 0.3) is 0 Å². The molecular weight excluding hydrogens is 112 g/mol. The Kier molecular flexibility index (Phi) is 5.46. The van der Waals surface area contributed by atoms with E-state index < -0.39 is 0 Å². The van der Waals surface area contributed by atoms with Crippen LogP contribution in [0.1, 0.15) is 0 Å². The summed E-state index contributed by atoms with van der Waals surface area (Å²) in [5.41, 5.74) is 0.895. The molecule has 36 valence electrons. The molecule has 0 aliphatic carbocycles. The van der Waals surface area contributed by atoms with Crippen LogP contribution in [-0.4, -0.2) is 15.0 Å². The molecule has 0 aromatic rings. The van der Waals surface area contributed by atoms with Crippen molar-refractivity contribution in [3.05, 3.63) is 12.7 Å². The summed E-state index contributed by atoms with van der Waals surface area (Å²) in [5, 5.41) is 0. The molecule has 0 rings (SSSR count). The molecule has 0 saturated carbocycles. The molecule has 0 aromatic carbocycles. The fourth-order valence-corrected chi connectivity index (χ4v) is 1.13. The van der Waals surface area contributed by atoms with Gasteiger partial charge < -0.3 is 0 Å². The second-order valence-corrected chi connectivity index (χ2v) is 3.92. The maximum Gasteiger partial charge on any atom is 0.0417 e. The van der Waals surface area contributed by atoms with Gasteiger partial charge in [0, 0.05) is 15.0 Å². The summed E-state index contributed by atoms with van der Waals surface area (Å²) in [6.45, 7) is 3.57. The quantitative estimate of drug-likeness (QED) is 0.225. The molecule has 0 nitrogen and oxygen atoms in total. The Morgan fingerprint density at radius 3 is 2.67 bits per heavy atom. The van der Waals surface area contributed by atoms with Gasteiger partial charge in [0.15, 0.2) is 0 Å². The molecule has 0 aliphatic rings. The predicted octanol–water partition coefficient (Wildman–Crippen LogP) is 0.956. The normalized spacial score (nSPS) is 10.2. The second-order valence-electron chi connectivity index (χ2n) is 1.12. The van der Waals surface area contributed by atoms with Crippen LogP contribution < -0.4 is 0 Å². The summed E-state index contributed by atoms with van der Waals surface area (Å²) < 4.78 is 0.